The summed E-state index contributed by atoms with van der Waals surface area (Å²) in [6.45, 7) is 6.93. The van der Waals surface area contributed by atoms with Crippen LogP contribution >= 0.6 is 0 Å². The van der Waals surface area contributed by atoms with Gasteiger partial charge in [-0.3, -0.25) is 0 Å². The largest absolute Gasteiger partial charge is 0.393 e. The van der Waals surface area contributed by atoms with E-state index in [9.17, 15) is 5.11 Å². The van der Waals surface area contributed by atoms with Crippen molar-refractivity contribution in [3.8, 4) is 0 Å². The Morgan fingerprint density at radius 3 is 2.08 bits per heavy atom. The average Bonchev–Trinajstić information content (AvgIpc) is 2.41. The number of fused-ring (bicyclic) bond motifs is 2. The third-order valence-corrected chi connectivity index (χ3v) is 3.89. The Labute approximate surface area is 75.2 Å². The summed E-state index contributed by atoms with van der Waals surface area (Å²) in [5.74, 6) is 2.23. The summed E-state index contributed by atoms with van der Waals surface area (Å²) < 4.78 is 0. The van der Waals surface area contributed by atoms with Gasteiger partial charge in [-0.05, 0) is 42.4 Å². The number of aliphatic hydroxyl groups excluding tert-OH is 1. The quantitative estimate of drug-likeness (QED) is 0.589. The van der Waals surface area contributed by atoms with Gasteiger partial charge in [-0.1, -0.05) is 20.8 Å². The fourth-order valence-corrected chi connectivity index (χ4v) is 3.31. The highest BCUT2D eigenvalue weighted by Gasteiger charge is 2.49. The summed E-state index contributed by atoms with van der Waals surface area (Å²) in [4.78, 5) is 0. The molecule has 12 heavy (non-hydrogen) atoms. The third-order valence-electron chi connectivity index (χ3n) is 3.89. The lowest BCUT2D eigenvalue weighted by Crippen LogP contribution is -2.32. The van der Waals surface area contributed by atoms with Crippen LogP contribution in [-0.4, -0.2) is 11.2 Å². The zero-order valence-electron chi connectivity index (χ0n) is 8.38. The molecule has 2 rings (SSSR count). The molecule has 0 spiro atoms. The molecule has 4 atom stereocenters. The lowest BCUT2D eigenvalue weighted by Gasteiger charge is -2.36. The second kappa shape index (κ2) is 2.47. The molecule has 2 saturated carbocycles. The predicted octanol–water partition coefficient (Wildman–Crippen LogP) is 2.44. The van der Waals surface area contributed by atoms with Gasteiger partial charge in [-0.15, -0.1) is 0 Å². The van der Waals surface area contributed by atoms with E-state index in [1.807, 2.05) is 0 Å². The van der Waals surface area contributed by atoms with Crippen LogP contribution in [0.15, 0.2) is 0 Å². The third kappa shape index (κ3) is 1.19. The van der Waals surface area contributed by atoms with Gasteiger partial charge in [-0.2, -0.15) is 0 Å². The number of hydrogen-bond donors (Lipinski definition) is 1. The highest BCUT2D eigenvalue weighted by Crippen LogP contribution is 2.54. The molecule has 0 radical (unpaired) electrons. The molecule has 0 aromatic carbocycles. The van der Waals surface area contributed by atoms with Gasteiger partial charge in [0.25, 0.3) is 0 Å². The number of hydrogen-bond acceptors (Lipinski definition) is 1. The van der Waals surface area contributed by atoms with Crippen LogP contribution in [0.25, 0.3) is 0 Å². The Kier molecular flexibility index (Phi) is 1.76. The number of aliphatic hydroxyl groups is 1. The van der Waals surface area contributed by atoms with E-state index in [1.165, 1.54) is 12.8 Å². The van der Waals surface area contributed by atoms with Crippen LogP contribution in [0.2, 0.25) is 0 Å². The van der Waals surface area contributed by atoms with Crippen LogP contribution in [0.5, 0.6) is 0 Å². The summed E-state index contributed by atoms with van der Waals surface area (Å²) in [5.41, 5.74) is 0.404. The van der Waals surface area contributed by atoms with Gasteiger partial charge in [-0.25, -0.2) is 0 Å². The minimum atomic E-state index is 0.0213. The van der Waals surface area contributed by atoms with Gasteiger partial charge in [0.2, 0.25) is 0 Å². The van der Waals surface area contributed by atoms with E-state index < -0.39 is 0 Å². The van der Waals surface area contributed by atoms with Gasteiger partial charge in [0.05, 0.1) is 6.10 Å². The molecule has 1 nitrogen and oxygen atoms in total. The normalized spacial score (nSPS) is 47.0. The van der Waals surface area contributed by atoms with Crippen molar-refractivity contribution in [1.82, 2.24) is 0 Å². The predicted molar refractivity (Wildman–Crippen MR) is 49.8 cm³/mol. The molecule has 1 heteroatoms. The highest BCUT2D eigenvalue weighted by molar-refractivity contribution is 4.99. The van der Waals surface area contributed by atoms with E-state index in [2.05, 4.69) is 20.8 Å². The molecular weight excluding hydrogens is 148 g/mol. The van der Waals surface area contributed by atoms with Crippen molar-refractivity contribution in [3.05, 3.63) is 0 Å². The first-order valence-electron chi connectivity index (χ1n) is 5.16. The maximum absolute atomic E-state index is 9.75. The monoisotopic (exact) mass is 168 g/mol. The zero-order valence-corrected chi connectivity index (χ0v) is 8.38. The molecule has 0 aromatic rings. The Balaban J connectivity index is 2.12. The average molecular weight is 168 g/mol. The standard InChI is InChI=1S/C11H20O/c1-11(2,3)9-5-7-4-8(9)10(12)6-7/h7-10,12H,4-6H2,1-3H3/t7-,8+,9+,10-/m0/s1. The Bertz CT molecular complexity index is 180. The van der Waals surface area contributed by atoms with Crippen LogP contribution in [0.3, 0.4) is 0 Å². The fraction of sp³-hybridized carbons (Fsp3) is 1.00. The molecule has 0 amide bonds. The summed E-state index contributed by atoms with van der Waals surface area (Å²) in [6, 6.07) is 0. The lowest BCUT2D eigenvalue weighted by molar-refractivity contribution is 0.0373. The van der Waals surface area contributed by atoms with E-state index in [4.69, 9.17) is 0 Å². The molecule has 0 heterocycles. The first kappa shape index (κ1) is 8.55. The Morgan fingerprint density at radius 1 is 1.08 bits per heavy atom. The molecule has 2 bridgehead atoms. The molecule has 2 aliphatic rings. The van der Waals surface area contributed by atoms with Crippen LogP contribution in [0, 0.1) is 23.2 Å². The van der Waals surface area contributed by atoms with E-state index in [0.29, 0.717) is 11.3 Å². The topological polar surface area (TPSA) is 20.2 Å². The Morgan fingerprint density at radius 2 is 1.75 bits per heavy atom. The van der Waals surface area contributed by atoms with Crippen LogP contribution in [0.4, 0.5) is 0 Å². The van der Waals surface area contributed by atoms with Crippen molar-refractivity contribution in [2.45, 2.75) is 46.1 Å². The van der Waals surface area contributed by atoms with Gasteiger partial charge in [0.1, 0.15) is 0 Å². The minimum absolute atomic E-state index is 0.0213. The van der Waals surface area contributed by atoms with Crippen LogP contribution in [0.1, 0.15) is 40.0 Å². The zero-order chi connectivity index (χ0) is 8.93. The Hall–Kier alpha value is -0.0400. The fourth-order valence-electron chi connectivity index (χ4n) is 3.31. The lowest BCUT2D eigenvalue weighted by atomic mass is 9.71. The van der Waals surface area contributed by atoms with Gasteiger partial charge in [0.15, 0.2) is 0 Å². The second-order valence-corrected chi connectivity index (χ2v) is 5.78. The molecule has 0 aliphatic heterocycles. The van der Waals surface area contributed by atoms with Crippen molar-refractivity contribution < 1.29 is 5.11 Å². The van der Waals surface area contributed by atoms with Gasteiger partial charge in [0, 0.05) is 0 Å². The SMILES string of the molecule is CC(C)(C)[C@@H]1C[C@@H]2C[C@H]1[C@@H](O)C2. The highest BCUT2D eigenvalue weighted by atomic mass is 16.3. The van der Waals surface area contributed by atoms with Gasteiger partial charge < -0.3 is 5.11 Å². The summed E-state index contributed by atoms with van der Waals surface area (Å²) in [5, 5.41) is 9.75. The van der Waals surface area contributed by atoms with E-state index in [0.717, 1.165) is 18.3 Å². The van der Waals surface area contributed by atoms with E-state index in [-0.39, 0.29) is 6.10 Å². The minimum Gasteiger partial charge on any atom is -0.393 e. The second-order valence-electron chi connectivity index (χ2n) is 5.78. The molecule has 0 saturated heterocycles. The molecule has 70 valence electrons. The molecule has 2 fully saturated rings. The first-order valence-corrected chi connectivity index (χ1v) is 5.16. The molecule has 1 N–H and O–H groups in total. The maximum atomic E-state index is 9.75. The molecule has 0 aromatic heterocycles. The number of rotatable bonds is 0. The molecule has 2 aliphatic carbocycles. The van der Waals surface area contributed by atoms with Crippen molar-refractivity contribution in [3.63, 3.8) is 0 Å². The van der Waals surface area contributed by atoms with Crippen LogP contribution in [-0.2, 0) is 0 Å². The van der Waals surface area contributed by atoms with Crippen molar-refractivity contribution >= 4 is 0 Å². The van der Waals surface area contributed by atoms with Gasteiger partial charge >= 0.3 is 0 Å². The summed E-state index contributed by atoms with van der Waals surface area (Å²) >= 11 is 0. The van der Waals surface area contributed by atoms with Crippen molar-refractivity contribution in [2.75, 3.05) is 0 Å². The summed E-state index contributed by atoms with van der Waals surface area (Å²) in [7, 11) is 0. The first-order chi connectivity index (χ1) is 5.48. The maximum Gasteiger partial charge on any atom is 0.0574 e. The van der Waals surface area contributed by atoms with E-state index in [1.54, 1.807) is 0 Å². The van der Waals surface area contributed by atoms with Crippen molar-refractivity contribution in [1.29, 1.82) is 0 Å². The smallest absolute Gasteiger partial charge is 0.0574 e. The summed E-state index contributed by atoms with van der Waals surface area (Å²) in [6.07, 6.45) is 3.76. The molecule has 0 unspecified atom stereocenters. The molecular formula is C11H20O. The van der Waals surface area contributed by atoms with E-state index >= 15 is 0 Å². The van der Waals surface area contributed by atoms with Crippen LogP contribution < -0.4 is 0 Å². The van der Waals surface area contributed by atoms with Crippen molar-refractivity contribution in [2.24, 2.45) is 23.2 Å².